The second-order valence-electron chi connectivity index (χ2n) is 6.31. The summed E-state index contributed by atoms with van der Waals surface area (Å²) in [5, 5.41) is 5.62. The van der Waals surface area contributed by atoms with Crippen molar-refractivity contribution in [2.75, 3.05) is 13.1 Å². The molecule has 0 saturated carbocycles. The third-order valence-corrected chi connectivity index (χ3v) is 2.70. The molecule has 0 bridgehead atoms. The lowest BCUT2D eigenvalue weighted by Gasteiger charge is -2.17. The standard InChI is InChI=1S/C16H28N2O2/c1-6-14(19)17-11-13(2)9-7-8-10-15(20)18-12-16(3,4)5/h6,8,10,13H,1,7,9,11-12H2,2-5H3,(H,17,19)(H,18,20)/b10-8+. The lowest BCUT2D eigenvalue weighted by atomic mass is 9.97. The predicted octanol–water partition coefficient (Wildman–Crippen LogP) is 2.42. The van der Waals surface area contributed by atoms with E-state index in [1.54, 1.807) is 6.08 Å². The minimum atomic E-state index is -0.144. The van der Waals surface area contributed by atoms with E-state index in [-0.39, 0.29) is 17.2 Å². The molecule has 0 aliphatic rings. The first-order valence-corrected chi connectivity index (χ1v) is 7.09. The van der Waals surface area contributed by atoms with Gasteiger partial charge in [0.15, 0.2) is 0 Å². The van der Waals surface area contributed by atoms with Gasteiger partial charge in [0.2, 0.25) is 11.8 Å². The highest BCUT2D eigenvalue weighted by atomic mass is 16.2. The van der Waals surface area contributed by atoms with Crippen LogP contribution in [0.15, 0.2) is 24.8 Å². The first-order chi connectivity index (χ1) is 9.24. The van der Waals surface area contributed by atoms with Gasteiger partial charge < -0.3 is 10.6 Å². The van der Waals surface area contributed by atoms with Crippen LogP contribution >= 0.6 is 0 Å². The minimum Gasteiger partial charge on any atom is -0.352 e. The largest absolute Gasteiger partial charge is 0.352 e. The highest BCUT2D eigenvalue weighted by Gasteiger charge is 2.10. The molecule has 0 aromatic carbocycles. The summed E-state index contributed by atoms with van der Waals surface area (Å²) in [5.41, 5.74) is 0.0986. The molecule has 1 atom stereocenters. The lowest BCUT2D eigenvalue weighted by molar-refractivity contribution is -0.117. The van der Waals surface area contributed by atoms with Gasteiger partial charge in [-0.2, -0.15) is 0 Å². The van der Waals surface area contributed by atoms with Crippen molar-refractivity contribution in [2.45, 2.75) is 40.5 Å². The second kappa shape index (κ2) is 9.34. The molecule has 4 heteroatoms. The molecule has 1 unspecified atom stereocenters. The van der Waals surface area contributed by atoms with Crippen molar-refractivity contribution in [3.05, 3.63) is 24.8 Å². The molecule has 0 fully saturated rings. The molecule has 2 amide bonds. The number of rotatable bonds is 8. The molecule has 114 valence electrons. The summed E-state index contributed by atoms with van der Waals surface area (Å²) in [6.07, 6.45) is 6.49. The summed E-state index contributed by atoms with van der Waals surface area (Å²) in [6, 6.07) is 0. The zero-order chi connectivity index (χ0) is 15.6. The molecule has 20 heavy (non-hydrogen) atoms. The van der Waals surface area contributed by atoms with Gasteiger partial charge in [-0.05, 0) is 36.3 Å². The Labute approximate surface area is 122 Å². The summed E-state index contributed by atoms with van der Waals surface area (Å²) in [4.78, 5) is 22.5. The Morgan fingerprint density at radius 1 is 1.20 bits per heavy atom. The summed E-state index contributed by atoms with van der Waals surface area (Å²) in [5.74, 6) is 0.183. The van der Waals surface area contributed by atoms with Gasteiger partial charge in [0.05, 0.1) is 0 Å². The van der Waals surface area contributed by atoms with Gasteiger partial charge in [-0.25, -0.2) is 0 Å². The van der Waals surface area contributed by atoms with Crippen molar-refractivity contribution in [3.63, 3.8) is 0 Å². The molecule has 4 nitrogen and oxygen atoms in total. The van der Waals surface area contributed by atoms with Crippen LogP contribution in [-0.4, -0.2) is 24.9 Å². The molecule has 0 spiro atoms. The second-order valence-corrected chi connectivity index (χ2v) is 6.31. The molecule has 0 aliphatic heterocycles. The van der Waals surface area contributed by atoms with Gasteiger partial charge >= 0.3 is 0 Å². The molecule has 0 rings (SSSR count). The smallest absolute Gasteiger partial charge is 0.243 e. The van der Waals surface area contributed by atoms with E-state index in [2.05, 4.69) is 44.9 Å². The van der Waals surface area contributed by atoms with Gasteiger partial charge in [0, 0.05) is 13.1 Å². The van der Waals surface area contributed by atoms with Gasteiger partial charge in [-0.15, -0.1) is 0 Å². The van der Waals surface area contributed by atoms with Crippen LogP contribution in [0.25, 0.3) is 0 Å². The van der Waals surface area contributed by atoms with Crippen LogP contribution in [0, 0.1) is 11.3 Å². The number of carbonyl (C=O) groups is 2. The van der Waals surface area contributed by atoms with Crippen molar-refractivity contribution in [1.82, 2.24) is 10.6 Å². The van der Waals surface area contributed by atoms with Crippen LogP contribution < -0.4 is 10.6 Å². The molecule has 0 aromatic rings. The molecule has 0 radical (unpaired) electrons. The summed E-state index contributed by atoms with van der Waals surface area (Å²) in [6.45, 7) is 13.0. The summed E-state index contributed by atoms with van der Waals surface area (Å²) < 4.78 is 0. The first-order valence-electron chi connectivity index (χ1n) is 7.09. The zero-order valence-corrected chi connectivity index (χ0v) is 13.2. The van der Waals surface area contributed by atoms with Crippen molar-refractivity contribution in [2.24, 2.45) is 11.3 Å². The number of carbonyl (C=O) groups excluding carboxylic acids is 2. The molecule has 0 aromatic heterocycles. The Balaban J connectivity index is 3.76. The fraction of sp³-hybridized carbons (Fsp3) is 0.625. The quantitative estimate of drug-likeness (QED) is 0.671. The van der Waals surface area contributed by atoms with Crippen LogP contribution in [-0.2, 0) is 9.59 Å². The van der Waals surface area contributed by atoms with E-state index in [9.17, 15) is 9.59 Å². The fourth-order valence-corrected chi connectivity index (χ4v) is 1.43. The molecule has 0 heterocycles. The third kappa shape index (κ3) is 11.5. The van der Waals surface area contributed by atoms with E-state index in [1.807, 2.05) is 6.08 Å². The molecule has 0 aliphatic carbocycles. The fourth-order valence-electron chi connectivity index (χ4n) is 1.43. The molecular weight excluding hydrogens is 252 g/mol. The van der Waals surface area contributed by atoms with Gasteiger partial charge in [0.1, 0.15) is 0 Å². The Hall–Kier alpha value is -1.58. The van der Waals surface area contributed by atoms with Crippen LogP contribution in [0.5, 0.6) is 0 Å². The maximum absolute atomic E-state index is 11.5. The van der Waals surface area contributed by atoms with Crippen LogP contribution in [0.1, 0.15) is 40.5 Å². The van der Waals surface area contributed by atoms with Crippen LogP contribution in [0.4, 0.5) is 0 Å². The highest BCUT2D eigenvalue weighted by molar-refractivity contribution is 5.87. The lowest BCUT2D eigenvalue weighted by Crippen LogP contribution is -2.30. The Bertz CT molecular complexity index is 354. The average Bonchev–Trinajstić information content (AvgIpc) is 2.37. The minimum absolute atomic E-state index is 0.0486. The zero-order valence-electron chi connectivity index (χ0n) is 13.2. The average molecular weight is 280 g/mol. The van der Waals surface area contributed by atoms with Crippen molar-refractivity contribution >= 4 is 11.8 Å². The predicted molar refractivity (Wildman–Crippen MR) is 83.2 cm³/mol. The number of allylic oxidation sites excluding steroid dienone is 1. The summed E-state index contributed by atoms with van der Waals surface area (Å²) in [7, 11) is 0. The molecule has 2 N–H and O–H groups in total. The van der Waals surface area contributed by atoms with Crippen LogP contribution in [0.2, 0.25) is 0 Å². The summed E-state index contributed by atoms with van der Waals surface area (Å²) >= 11 is 0. The maximum atomic E-state index is 11.5. The van der Waals surface area contributed by atoms with Gasteiger partial charge in [-0.1, -0.05) is 40.3 Å². The Kier molecular flexibility index (Phi) is 8.61. The van der Waals surface area contributed by atoms with Crippen molar-refractivity contribution < 1.29 is 9.59 Å². The van der Waals surface area contributed by atoms with E-state index in [0.29, 0.717) is 19.0 Å². The van der Waals surface area contributed by atoms with E-state index < -0.39 is 0 Å². The van der Waals surface area contributed by atoms with E-state index in [1.165, 1.54) is 6.08 Å². The van der Waals surface area contributed by atoms with E-state index in [4.69, 9.17) is 0 Å². The van der Waals surface area contributed by atoms with Crippen molar-refractivity contribution in [3.8, 4) is 0 Å². The number of hydrogen-bond acceptors (Lipinski definition) is 2. The monoisotopic (exact) mass is 280 g/mol. The van der Waals surface area contributed by atoms with Gasteiger partial charge in [0.25, 0.3) is 0 Å². The normalized spacial score (nSPS) is 13.0. The maximum Gasteiger partial charge on any atom is 0.243 e. The highest BCUT2D eigenvalue weighted by Crippen LogP contribution is 2.10. The third-order valence-electron chi connectivity index (χ3n) is 2.70. The van der Waals surface area contributed by atoms with E-state index >= 15 is 0 Å². The van der Waals surface area contributed by atoms with E-state index in [0.717, 1.165) is 12.8 Å². The SMILES string of the molecule is C=CC(=O)NCC(C)CC/C=C/C(=O)NCC(C)(C)C. The topological polar surface area (TPSA) is 58.2 Å². The first kappa shape index (κ1) is 18.4. The molecular formula is C16H28N2O2. The number of nitrogens with one attached hydrogen (secondary N) is 2. The number of amides is 2. The number of hydrogen-bond donors (Lipinski definition) is 2. The van der Waals surface area contributed by atoms with Gasteiger partial charge in [-0.3, -0.25) is 9.59 Å². The Morgan fingerprint density at radius 2 is 1.85 bits per heavy atom. The Morgan fingerprint density at radius 3 is 2.40 bits per heavy atom. The van der Waals surface area contributed by atoms with Crippen LogP contribution in [0.3, 0.4) is 0 Å². The van der Waals surface area contributed by atoms with Crippen molar-refractivity contribution in [1.29, 1.82) is 0 Å². The molecule has 0 saturated heterocycles.